The van der Waals surface area contributed by atoms with Crippen LogP contribution in [0.1, 0.15) is 6.42 Å². The van der Waals surface area contributed by atoms with E-state index in [1.54, 1.807) is 11.4 Å². The lowest BCUT2D eigenvalue weighted by Crippen LogP contribution is -2.17. The second-order valence-corrected chi connectivity index (χ2v) is 5.16. The largest absolute Gasteiger partial charge is 0.368 e. The molecule has 4 nitrogen and oxygen atoms in total. The topological polar surface area (TPSA) is 55.2 Å². The summed E-state index contributed by atoms with van der Waals surface area (Å²) in [6.45, 7) is 0. The fourth-order valence-electron chi connectivity index (χ4n) is 1.39. The van der Waals surface area contributed by atoms with Gasteiger partial charge in [-0.2, -0.15) is 11.8 Å². The fraction of sp³-hybridized carbons (Fsp3) is 0.500. The van der Waals surface area contributed by atoms with E-state index in [1.165, 1.54) is 11.3 Å². The highest BCUT2D eigenvalue weighted by molar-refractivity contribution is 7.99. The monoisotopic (exact) mass is 230 g/mol. The van der Waals surface area contributed by atoms with Gasteiger partial charge in [0.15, 0.2) is 5.00 Å². The highest BCUT2D eigenvalue weighted by Crippen LogP contribution is 2.32. The maximum atomic E-state index is 10.6. The standard InChI is InChI=1S/C8H10N2O2S2/c11-10(12)7-2-4-14-8(7)9-6-1-3-13-5-6/h2,4,6,9H,1,3,5H2. The van der Waals surface area contributed by atoms with Gasteiger partial charge in [0.05, 0.1) is 4.92 Å². The van der Waals surface area contributed by atoms with E-state index >= 15 is 0 Å². The van der Waals surface area contributed by atoms with Crippen molar-refractivity contribution in [1.29, 1.82) is 0 Å². The lowest BCUT2D eigenvalue weighted by Gasteiger charge is -2.09. The van der Waals surface area contributed by atoms with E-state index in [2.05, 4.69) is 5.32 Å². The van der Waals surface area contributed by atoms with Crippen LogP contribution in [0, 0.1) is 10.1 Å². The minimum Gasteiger partial charge on any atom is -0.368 e. The molecule has 6 heteroatoms. The van der Waals surface area contributed by atoms with Crippen LogP contribution < -0.4 is 5.32 Å². The second kappa shape index (κ2) is 4.18. The maximum absolute atomic E-state index is 10.6. The number of hydrogen-bond donors (Lipinski definition) is 1. The number of nitrogens with one attached hydrogen (secondary N) is 1. The van der Waals surface area contributed by atoms with Crippen molar-refractivity contribution in [3.63, 3.8) is 0 Å². The van der Waals surface area contributed by atoms with E-state index in [-0.39, 0.29) is 10.6 Å². The summed E-state index contributed by atoms with van der Waals surface area (Å²) in [6, 6.07) is 1.95. The van der Waals surface area contributed by atoms with Crippen molar-refractivity contribution in [2.75, 3.05) is 16.8 Å². The van der Waals surface area contributed by atoms with E-state index < -0.39 is 0 Å². The maximum Gasteiger partial charge on any atom is 0.303 e. The van der Waals surface area contributed by atoms with E-state index in [0.717, 1.165) is 17.9 Å². The first-order chi connectivity index (χ1) is 6.77. The van der Waals surface area contributed by atoms with Crippen LogP contribution in [0.25, 0.3) is 0 Å². The number of thiophene rings is 1. The minimum atomic E-state index is -0.332. The lowest BCUT2D eigenvalue weighted by atomic mass is 10.3. The van der Waals surface area contributed by atoms with Gasteiger partial charge in [-0.15, -0.1) is 11.3 Å². The summed E-state index contributed by atoms with van der Waals surface area (Å²) in [5.41, 5.74) is 0.201. The van der Waals surface area contributed by atoms with Crippen molar-refractivity contribution in [1.82, 2.24) is 0 Å². The molecule has 0 spiro atoms. The van der Waals surface area contributed by atoms with Gasteiger partial charge in [-0.25, -0.2) is 0 Å². The summed E-state index contributed by atoms with van der Waals surface area (Å²) in [4.78, 5) is 10.3. The lowest BCUT2D eigenvalue weighted by molar-refractivity contribution is -0.383. The van der Waals surface area contributed by atoms with Crippen molar-refractivity contribution >= 4 is 33.8 Å². The molecule has 1 N–H and O–H groups in total. The normalized spacial score (nSPS) is 21.0. The van der Waals surface area contributed by atoms with Gasteiger partial charge in [0.2, 0.25) is 0 Å². The van der Waals surface area contributed by atoms with E-state index in [9.17, 15) is 10.1 Å². The molecule has 1 unspecified atom stereocenters. The number of thioether (sulfide) groups is 1. The van der Waals surface area contributed by atoms with Gasteiger partial charge in [-0.3, -0.25) is 10.1 Å². The van der Waals surface area contributed by atoms with Gasteiger partial charge in [-0.1, -0.05) is 0 Å². The Morgan fingerprint density at radius 1 is 1.64 bits per heavy atom. The molecule has 1 aliphatic heterocycles. The van der Waals surface area contributed by atoms with Crippen LogP contribution in [0.3, 0.4) is 0 Å². The molecule has 14 heavy (non-hydrogen) atoms. The third kappa shape index (κ3) is 2.01. The number of anilines is 1. The summed E-state index contributed by atoms with van der Waals surface area (Å²) in [5, 5.41) is 16.3. The Kier molecular flexibility index (Phi) is 2.93. The zero-order chi connectivity index (χ0) is 9.97. The van der Waals surface area contributed by atoms with Crippen molar-refractivity contribution in [3.05, 3.63) is 21.6 Å². The SMILES string of the molecule is O=[N+]([O-])c1ccsc1NC1CCSC1. The summed E-state index contributed by atoms with van der Waals surface area (Å²) in [7, 11) is 0. The molecule has 0 aliphatic carbocycles. The Morgan fingerprint density at radius 3 is 3.14 bits per heavy atom. The molecule has 76 valence electrons. The molecule has 1 aromatic heterocycles. The van der Waals surface area contributed by atoms with Gasteiger partial charge in [0.1, 0.15) is 0 Å². The highest BCUT2D eigenvalue weighted by atomic mass is 32.2. The van der Waals surface area contributed by atoms with Crippen LogP contribution >= 0.6 is 23.1 Å². The molecule has 0 bridgehead atoms. The van der Waals surface area contributed by atoms with Crippen LogP contribution in [0.2, 0.25) is 0 Å². The summed E-state index contributed by atoms with van der Waals surface area (Å²) >= 11 is 3.29. The zero-order valence-electron chi connectivity index (χ0n) is 7.43. The Bertz CT molecular complexity index is 334. The van der Waals surface area contributed by atoms with Crippen LogP contribution in [-0.4, -0.2) is 22.5 Å². The predicted molar refractivity (Wildman–Crippen MR) is 60.3 cm³/mol. The fourth-order valence-corrected chi connectivity index (χ4v) is 3.37. The van der Waals surface area contributed by atoms with Crippen LogP contribution in [0.15, 0.2) is 11.4 Å². The quantitative estimate of drug-likeness (QED) is 0.640. The number of rotatable bonds is 3. The molecular formula is C8H10N2O2S2. The van der Waals surface area contributed by atoms with E-state index in [4.69, 9.17) is 0 Å². The molecule has 1 aliphatic rings. The van der Waals surface area contributed by atoms with Gasteiger partial charge in [0.25, 0.3) is 0 Å². The first kappa shape index (κ1) is 9.79. The summed E-state index contributed by atoms with van der Waals surface area (Å²) < 4.78 is 0. The molecule has 2 rings (SSSR count). The highest BCUT2D eigenvalue weighted by Gasteiger charge is 2.21. The minimum absolute atomic E-state index is 0.201. The second-order valence-electron chi connectivity index (χ2n) is 3.10. The third-order valence-corrected chi connectivity index (χ3v) is 4.10. The Hall–Kier alpha value is -0.750. The van der Waals surface area contributed by atoms with E-state index in [1.807, 2.05) is 11.8 Å². The molecule has 0 radical (unpaired) electrons. The summed E-state index contributed by atoms with van der Waals surface area (Å²) in [5.74, 6) is 2.20. The molecule has 1 atom stereocenters. The van der Waals surface area contributed by atoms with Crippen molar-refractivity contribution < 1.29 is 4.92 Å². The Morgan fingerprint density at radius 2 is 2.50 bits per heavy atom. The van der Waals surface area contributed by atoms with Gasteiger partial charge in [-0.05, 0) is 17.6 Å². The first-order valence-corrected chi connectivity index (χ1v) is 6.37. The van der Waals surface area contributed by atoms with Gasteiger partial charge < -0.3 is 5.32 Å². The summed E-state index contributed by atoms with van der Waals surface area (Å²) in [6.07, 6.45) is 1.10. The number of nitro groups is 1. The molecular weight excluding hydrogens is 220 g/mol. The van der Waals surface area contributed by atoms with Crippen molar-refractivity contribution in [2.24, 2.45) is 0 Å². The van der Waals surface area contributed by atoms with Crippen LogP contribution in [0.5, 0.6) is 0 Å². The molecule has 0 amide bonds. The predicted octanol–water partition coefficient (Wildman–Crippen LogP) is 2.57. The molecule has 0 saturated carbocycles. The molecule has 0 aromatic carbocycles. The average molecular weight is 230 g/mol. The zero-order valence-corrected chi connectivity index (χ0v) is 9.07. The molecule has 1 fully saturated rings. The van der Waals surface area contributed by atoms with Crippen LogP contribution in [-0.2, 0) is 0 Å². The van der Waals surface area contributed by atoms with Gasteiger partial charge >= 0.3 is 5.69 Å². The smallest absolute Gasteiger partial charge is 0.303 e. The number of hydrogen-bond acceptors (Lipinski definition) is 5. The first-order valence-electron chi connectivity index (χ1n) is 4.33. The third-order valence-electron chi connectivity index (χ3n) is 2.11. The van der Waals surface area contributed by atoms with Gasteiger partial charge in [0, 0.05) is 17.9 Å². The molecule has 2 heterocycles. The molecule has 1 saturated heterocycles. The average Bonchev–Trinajstić information content (AvgIpc) is 2.75. The van der Waals surface area contributed by atoms with E-state index in [0.29, 0.717) is 11.0 Å². The number of nitrogens with zero attached hydrogens (tertiary/aromatic N) is 1. The molecule has 1 aromatic rings. The van der Waals surface area contributed by atoms with Crippen LogP contribution in [0.4, 0.5) is 10.7 Å². The Balaban J connectivity index is 2.07. The Labute approximate surface area is 89.9 Å². The van der Waals surface area contributed by atoms with Crippen molar-refractivity contribution in [2.45, 2.75) is 12.5 Å². The van der Waals surface area contributed by atoms with Crippen molar-refractivity contribution in [3.8, 4) is 0 Å².